The maximum atomic E-state index is 11.1. The average Bonchev–Trinajstić information content (AvgIpc) is 3.19. The summed E-state index contributed by atoms with van der Waals surface area (Å²) in [6, 6.07) is 0. The van der Waals surface area contributed by atoms with Gasteiger partial charge in [0.25, 0.3) is 6.49 Å². The van der Waals surface area contributed by atoms with Crippen LogP contribution in [0.2, 0.25) is 0 Å². The highest BCUT2D eigenvalue weighted by molar-refractivity contribution is 8.17. The van der Waals surface area contributed by atoms with E-state index in [0.717, 1.165) is 0 Å². The van der Waals surface area contributed by atoms with Crippen LogP contribution in [0.1, 0.15) is 19.1 Å². The van der Waals surface area contributed by atoms with Crippen molar-refractivity contribution in [2.75, 3.05) is 19.5 Å². The molecule has 2 aromatic rings. The van der Waals surface area contributed by atoms with Crippen molar-refractivity contribution < 1.29 is 23.7 Å². The molecule has 24 heavy (non-hydrogen) atoms. The molecule has 0 aromatic carbocycles. The van der Waals surface area contributed by atoms with Gasteiger partial charge < -0.3 is 24.6 Å². The SMILES string of the molecule is COP(=S)(OC[C@@H]1CC[C@H](n2cnc3c(N)ncnc32)O1)C(=O)O. The number of ether oxygens (including phenoxy) is 1. The van der Waals surface area contributed by atoms with Gasteiger partial charge in [-0.1, -0.05) is 0 Å². The minimum Gasteiger partial charge on any atom is -0.474 e. The smallest absolute Gasteiger partial charge is 0.388 e. The highest BCUT2D eigenvalue weighted by Gasteiger charge is 2.33. The topological polar surface area (TPSA) is 135 Å². The highest BCUT2D eigenvalue weighted by Crippen LogP contribution is 2.49. The van der Waals surface area contributed by atoms with Crippen LogP contribution >= 0.6 is 6.49 Å². The summed E-state index contributed by atoms with van der Waals surface area (Å²) in [5.41, 5.74) is 5.61. The van der Waals surface area contributed by atoms with Crippen molar-refractivity contribution in [3.05, 3.63) is 12.7 Å². The summed E-state index contributed by atoms with van der Waals surface area (Å²) in [6.07, 6.45) is 3.77. The van der Waals surface area contributed by atoms with Crippen LogP contribution in [-0.4, -0.2) is 50.2 Å². The van der Waals surface area contributed by atoms with Crippen molar-refractivity contribution in [3.63, 3.8) is 0 Å². The van der Waals surface area contributed by atoms with Crippen LogP contribution in [0.3, 0.4) is 0 Å². The van der Waals surface area contributed by atoms with E-state index in [1.807, 2.05) is 0 Å². The maximum absolute atomic E-state index is 11.1. The van der Waals surface area contributed by atoms with Gasteiger partial charge in [0.15, 0.2) is 11.5 Å². The predicted molar refractivity (Wildman–Crippen MR) is 88.2 cm³/mol. The third kappa shape index (κ3) is 3.13. The molecule has 130 valence electrons. The first-order chi connectivity index (χ1) is 11.4. The number of hydrogen-bond donors (Lipinski definition) is 2. The molecule has 1 fully saturated rings. The van der Waals surface area contributed by atoms with E-state index in [1.54, 1.807) is 10.9 Å². The number of aromatic nitrogens is 4. The van der Waals surface area contributed by atoms with Gasteiger partial charge in [0.1, 0.15) is 18.1 Å². The number of imidazole rings is 1. The Kier molecular flexibility index (Phi) is 4.79. The summed E-state index contributed by atoms with van der Waals surface area (Å²) in [5.74, 6) is 0.305. The lowest BCUT2D eigenvalue weighted by Gasteiger charge is -2.19. The Morgan fingerprint density at radius 1 is 1.54 bits per heavy atom. The van der Waals surface area contributed by atoms with Crippen LogP contribution < -0.4 is 5.73 Å². The van der Waals surface area contributed by atoms with E-state index in [0.29, 0.717) is 29.8 Å². The molecule has 0 radical (unpaired) electrons. The van der Waals surface area contributed by atoms with Gasteiger partial charge in [0.05, 0.1) is 19.0 Å². The quantitative estimate of drug-likeness (QED) is 0.721. The standard InChI is InChI=1S/C12H16N5O5PS/c1-20-23(24,12(18)19)21-4-7-2-3-8(22-7)17-6-16-9-10(13)14-5-15-11(9)17/h5-8H,2-4H2,1H3,(H,18,19)(H2,13,14,15)/t7-,8+,23?/m0/s1. The maximum Gasteiger partial charge on any atom is 0.388 e. The summed E-state index contributed by atoms with van der Waals surface area (Å²) in [5, 5.41) is 9.07. The largest absolute Gasteiger partial charge is 0.474 e. The number of nitrogens with two attached hydrogens (primary N) is 1. The number of nitrogens with zero attached hydrogens (tertiary/aromatic N) is 4. The van der Waals surface area contributed by atoms with Gasteiger partial charge in [-0.05, 0) is 24.6 Å². The zero-order valence-corrected chi connectivity index (χ0v) is 14.4. The van der Waals surface area contributed by atoms with E-state index in [9.17, 15) is 4.79 Å². The van der Waals surface area contributed by atoms with Crippen LogP contribution in [0.25, 0.3) is 11.2 Å². The second-order valence-corrected chi connectivity index (χ2v) is 8.57. The molecule has 3 heterocycles. The lowest BCUT2D eigenvalue weighted by atomic mass is 10.2. The number of fused-ring (bicyclic) bond motifs is 1. The van der Waals surface area contributed by atoms with Gasteiger partial charge in [0, 0.05) is 7.11 Å². The molecule has 12 heteroatoms. The molecule has 10 nitrogen and oxygen atoms in total. The zero-order chi connectivity index (χ0) is 17.3. The van der Waals surface area contributed by atoms with Crippen LogP contribution in [0, 0.1) is 0 Å². The van der Waals surface area contributed by atoms with E-state index >= 15 is 0 Å². The molecule has 2 aromatic heterocycles. The molecule has 3 rings (SSSR count). The zero-order valence-electron chi connectivity index (χ0n) is 12.7. The second kappa shape index (κ2) is 6.69. The first-order valence-corrected chi connectivity index (χ1v) is 9.70. The first kappa shape index (κ1) is 17.2. The Morgan fingerprint density at radius 3 is 3.04 bits per heavy atom. The number of carbonyl (C=O) groups is 1. The fourth-order valence-electron chi connectivity index (χ4n) is 2.46. The van der Waals surface area contributed by atoms with Crippen molar-refractivity contribution in [1.29, 1.82) is 0 Å². The van der Waals surface area contributed by atoms with E-state index < -0.39 is 12.2 Å². The summed E-state index contributed by atoms with van der Waals surface area (Å²) >= 11 is 4.91. The molecular weight excluding hydrogens is 357 g/mol. The van der Waals surface area contributed by atoms with Crippen molar-refractivity contribution in [2.45, 2.75) is 25.2 Å². The fourth-order valence-corrected chi connectivity index (χ4v) is 3.38. The molecule has 1 saturated heterocycles. The first-order valence-electron chi connectivity index (χ1n) is 7.07. The molecule has 0 saturated carbocycles. The summed E-state index contributed by atoms with van der Waals surface area (Å²) in [6.45, 7) is -3.28. The van der Waals surface area contributed by atoms with Gasteiger partial charge in [-0.3, -0.25) is 4.57 Å². The van der Waals surface area contributed by atoms with Crippen molar-refractivity contribution in [1.82, 2.24) is 19.5 Å². The lowest BCUT2D eigenvalue weighted by molar-refractivity contribution is -0.0159. The van der Waals surface area contributed by atoms with Crippen molar-refractivity contribution in [3.8, 4) is 0 Å². The Hall–Kier alpha value is -1.65. The van der Waals surface area contributed by atoms with Gasteiger partial charge >= 0.3 is 5.71 Å². The second-order valence-electron chi connectivity index (χ2n) is 5.13. The predicted octanol–water partition coefficient (Wildman–Crippen LogP) is 1.74. The number of hydrogen-bond acceptors (Lipinski definition) is 9. The molecule has 0 amide bonds. The van der Waals surface area contributed by atoms with E-state index in [4.69, 9.17) is 36.4 Å². The number of anilines is 1. The summed E-state index contributed by atoms with van der Waals surface area (Å²) in [7, 11) is 1.23. The number of carboxylic acid groups (broad SMARTS) is 1. The van der Waals surface area contributed by atoms with Crippen LogP contribution in [0.5, 0.6) is 0 Å². The highest BCUT2D eigenvalue weighted by atomic mass is 32.5. The molecule has 1 aliphatic rings. The number of nitrogen functional groups attached to an aromatic ring is 1. The molecule has 0 spiro atoms. The minimum absolute atomic E-state index is 0.0532. The monoisotopic (exact) mass is 373 g/mol. The average molecular weight is 373 g/mol. The summed E-state index contributed by atoms with van der Waals surface area (Å²) < 4.78 is 17.8. The lowest BCUT2D eigenvalue weighted by Crippen LogP contribution is -2.17. The van der Waals surface area contributed by atoms with Crippen LogP contribution in [-0.2, 0) is 25.6 Å². The Balaban J connectivity index is 1.68. The van der Waals surface area contributed by atoms with E-state index in [2.05, 4.69) is 15.0 Å². The van der Waals surface area contributed by atoms with Crippen molar-refractivity contribution >= 4 is 41.0 Å². The van der Waals surface area contributed by atoms with Gasteiger partial charge in [-0.15, -0.1) is 0 Å². The summed E-state index contributed by atoms with van der Waals surface area (Å²) in [4.78, 5) is 23.4. The van der Waals surface area contributed by atoms with Gasteiger partial charge in [0.2, 0.25) is 0 Å². The van der Waals surface area contributed by atoms with Gasteiger partial charge in [-0.25, -0.2) is 19.7 Å². The third-order valence-electron chi connectivity index (χ3n) is 3.69. The Morgan fingerprint density at radius 2 is 2.33 bits per heavy atom. The molecule has 3 N–H and O–H groups in total. The molecule has 3 atom stereocenters. The van der Waals surface area contributed by atoms with Crippen LogP contribution in [0.4, 0.5) is 10.6 Å². The molecule has 0 aliphatic carbocycles. The van der Waals surface area contributed by atoms with Crippen LogP contribution in [0.15, 0.2) is 12.7 Å². The van der Waals surface area contributed by atoms with Gasteiger partial charge in [-0.2, -0.15) is 0 Å². The van der Waals surface area contributed by atoms with E-state index in [-0.39, 0.29) is 18.9 Å². The Bertz CT molecular complexity index is 814. The third-order valence-corrected chi connectivity index (χ3v) is 6.36. The fraction of sp³-hybridized carbons (Fsp3) is 0.500. The van der Waals surface area contributed by atoms with Crippen molar-refractivity contribution in [2.24, 2.45) is 0 Å². The normalized spacial score (nSPS) is 23.4. The molecule has 0 bridgehead atoms. The molecule has 1 aliphatic heterocycles. The molecular formula is C12H16N5O5PS. The Labute approximate surface area is 142 Å². The van der Waals surface area contributed by atoms with E-state index in [1.165, 1.54) is 13.4 Å². The number of rotatable bonds is 6. The molecule has 1 unspecified atom stereocenters. The minimum atomic E-state index is -3.34.